The van der Waals surface area contributed by atoms with E-state index < -0.39 is 12.0 Å². The lowest BCUT2D eigenvalue weighted by Gasteiger charge is -2.13. The van der Waals surface area contributed by atoms with Crippen LogP contribution in [0.1, 0.15) is 22.5 Å². The predicted octanol–water partition coefficient (Wildman–Crippen LogP) is 0.670. The van der Waals surface area contributed by atoms with E-state index in [0.717, 1.165) is 0 Å². The summed E-state index contributed by atoms with van der Waals surface area (Å²) in [5.74, 6) is -1.38. The Labute approximate surface area is 97.3 Å². The van der Waals surface area contributed by atoms with E-state index >= 15 is 0 Å². The molecular formula is C10H14N2O3S. The smallest absolute Gasteiger partial charge is 0.326 e. The molecule has 0 unspecified atom stereocenters. The van der Waals surface area contributed by atoms with Gasteiger partial charge in [0.25, 0.3) is 5.91 Å². The molecule has 1 amide bonds. The average molecular weight is 242 g/mol. The van der Waals surface area contributed by atoms with Gasteiger partial charge in [0.05, 0.1) is 4.88 Å². The number of hydrogen-bond acceptors (Lipinski definition) is 4. The zero-order chi connectivity index (χ0) is 12.0. The summed E-state index contributed by atoms with van der Waals surface area (Å²) >= 11 is 1.28. The molecule has 16 heavy (non-hydrogen) atoms. The Morgan fingerprint density at radius 3 is 2.81 bits per heavy atom. The molecule has 88 valence electrons. The van der Waals surface area contributed by atoms with Crippen molar-refractivity contribution in [2.45, 2.75) is 18.9 Å². The Bertz CT molecular complexity index is 351. The van der Waals surface area contributed by atoms with Crippen LogP contribution in [0.25, 0.3) is 0 Å². The molecule has 0 fully saturated rings. The van der Waals surface area contributed by atoms with Gasteiger partial charge >= 0.3 is 5.97 Å². The maximum Gasteiger partial charge on any atom is 0.326 e. The van der Waals surface area contributed by atoms with E-state index in [-0.39, 0.29) is 5.91 Å². The van der Waals surface area contributed by atoms with Crippen molar-refractivity contribution < 1.29 is 14.7 Å². The fraction of sp³-hybridized carbons (Fsp3) is 0.400. The summed E-state index contributed by atoms with van der Waals surface area (Å²) < 4.78 is 0. The van der Waals surface area contributed by atoms with Crippen molar-refractivity contribution in [3.63, 3.8) is 0 Å². The molecule has 1 rings (SSSR count). The lowest BCUT2D eigenvalue weighted by Crippen LogP contribution is -2.40. The zero-order valence-corrected chi connectivity index (χ0v) is 9.50. The molecule has 0 saturated carbocycles. The highest BCUT2D eigenvalue weighted by Crippen LogP contribution is 2.09. The van der Waals surface area contributed by atoms with Crippen LogP contribution >= 0.6 is 11.3 Å². The van der Waals surface area contributed by atoms with Gasteiger partial charge in [0.15, 0.2) is 0 Å². The Morgan fingerprint density at radius 1 is 1.56 bits per heavy atom. The number of hydrogen-bond donors (Lipinski definition) is 3. The number of thiophene rings is 1. The van der Waals surface area contributed by atoms with E-state index in [1.165, 1.54) is 11.3 Å². The van der Waals surface area contributed by atoms with Crippen molar-refractivity contribution in [2.75, 3.05) is 6.54 Å². The second-order valence-electron chi connectivity index (χ2n) is 3.27. The minimum Gasteiger partial charge on any atom is -0.480 e. The molecular weight excluding hydrogens is 228 g/mol. The van der Waals surface area contributed by atoms with Gasteiger partial charge in [-0.3, -0.25) is 4.79 Å². The van der Waals surface area contributed by atoms with E-state index in [2.05, 4.69) is 5.32 Å². The summed E-state index contributed by atoms with van der Waals surface area (Å²) in [4.78, 5) is 23.0. The predicted molar refractivity (Wildman–Crippen MR) is 61.5 cm³/mol. The van der Waals surface area contributed by atoms with Gasteiger partial charge in [0, 0.05) is 0 Å². The van der Waals surface area contributed by atoms with Crippen molar-refractivity contribution >= 4 is 23.2 Å². The van der Waals surface area contributed by atoms with E-state index in [4.69, 9.17) is 10.8 Å². The first-order chi connectivity index (χ1) is 7.65. The Morgan fingerprint density at radius 2 is 2.31 bits per heavy atom. The maximum absolute atomic E-state index is 11.6. The van der Waals surface area contributed by atoms with Gasteiger partial charge < -0.3 is 16.2 Å². The Kier molecular flexibility index (Phi) is 4.94. The maximum atomic E-state index is 11.6. The molecule has 1 heterocycles. The summed E-state index contributed by atoms with van der Waals surface area (Å²) in [7, 11) is 0. The molecule has 0 bridgehead atoms. The molecule has 0 aliphatic rings. The SMILES string of the molecule is NCCC[C@H](NC(=O)c1cccs1)C(=O)O. The molecule has 0 saturated heterocycles. The van der Waals surface area contributed by atoms with Gasteiger partial charge in [-0.2, -0.15) is 0 Å². The normalized spacial score (nSPS) is 12.1. The average Bonchev–Trinajstić information content (AvgIpc) is 2.76. The lowest BCUT2D eigenvalue weighted by molar-refractivity contribution is -0.139. The number of carbonyl (C=O) groups excluding carboxylic acids is 1. The number of nitrogens with one attached hydrogen (secondary N) is 1. The number of carboxylic acid groups (broad SMARTS) is 1. The van der Waals surface area contributed by atoms with E-state index in [9.17, 15) is 9.59 Å². The molecule has 1 aromatic rings. The number of nitrogens with two attached hydrogens (primary N) is 1. The monoisotopic (exact) mass is 242 g/mol. The molecule has 0 radical (unpaired) electrons. The van der Waals surface area contributed by atoms with Crippen LogP contribution in [0.15, 0.2) is 17.5 Å². The molecule has 1 atom stereocenters. The van der Waals surface area contributed by atoms with Crippen molar-refractivity contribution in [1.82, 2.24) is 5.32 Å². The molecule has 0 aliphatic heterocycles. The number of aliphatic carboxylic acids is 1. The molecule has 0 aromatic carbocycles. The highest BCUT2D eigenvalue weighted by molar-refractivity contribution is 7.12. The summed E-state index contributed by atoms with van der Waals surface area (Å²) in [5, 5.41) is 13.1. The summed E-state index contributed by atoms with van der Waals surface area (Å²) in [6.45, 7) is 0.415. The van der Waals surface area contributed by atoms with Crippen LogP contribution in [0.4, 0.5) is 0 Å². The first kappa shape index (κ1) is 12.7. The molecule has 5 nitrogen and oxygen atoms in total. The fourth-order valence-corrected chi connectivity index (χ4v) is 1.84. The van der Waals surface area contributed by atoms with Crippen LogP contribution < -0.4 is 11.1 Å². The van der Waals surface area contributed by atoms with Gasteiger partial charge in [-0.15, -0.1) is 11.3 Å². The van der Waals surface area contributed by atoms with Crippen LogP contribution in [-0.2, 0) is 4.79 Å². The van der Waals surface area contributed by atoms with Crippen LogP contribution in [0.2, 0.25) is 0 Å². The summed E-state index contributed by atoms with van der Waals surface area (Å²) in [6, 6.07) is 2.54. The van der Waals surface area contributed by atoms with Crippen LogP contribution in [0.5, 0.6) is 0 Å². The largest absolute Gasteiger partial charge is 0.480 e. The second-order valence-corrected chi connectivity index (χ2v) is 4.22. The van der Waals surface area contributed by atoms with Gasteiger partial charge in [-0.25, -0.2) is 4.79 Å². The first-order valence-electron chi connectivity index (χ1n) is 4.92. The fourth-order valence-electron chi connectivity index (χ4n) is 1.22. The molecule has 0 aliphatic carbocycles. The summed E-state index contributed by atoms with van der Waals surface area (Å²) in [5.41, 5.74) is 5.30. The van der Waals surface area contributed by atoms with Crippen molar-refractivity contribution in [3.8, 4) is 0 Å². The van der Waals surface area contributed by atoms with Crippen molar-refractivity contribution in [3.05, 3.63) is 22.4 Å². The Balaban J connectivity index is 2.54. The lowest BCUT2D eigenvalue weighted by atomic mass is 10.1. The highest BCUT2D eigenvalue weighted by Gasteiger charge is 2.20. The Hall–Kier alpha value is -1.40. The standard InChI is InChI=1S/C10H14N2O3S/c11-5-1-3-7(10(14)15)12-9(13)8-4-2-6-16-8/h2,4,6-7H,1,3,5,11H2,(H,12,13)(H,14,15)/t7-/m0/s1. The van der Waals surface area contributed by atoms with Crippen LogP contribution in [0.3, 0.4) is 0 Å². The van der Waals surface area contributed by atoms with Gasteiger partial charge in [0.1, 0.15) is 6.04 Å². The minimum atomic E-state index is -1.03. The quantitative estimate of drug-likeness (QED) is 0.683. The highest BCUT2D eigenvalue weighted by atomic mass is 32.1. The molecule has 0 spiro atoms. The van der Waals surface area contributed by atoms with Gasteiger partial charge in [-0.05, 0) is 30.8 Å². The number of rotatable bonds is 6. The first-order valence-corrected chi connectivity index (χ1v) is 5.80. The van der Waals surface area contributed by atoms with E-state index in [0.29, 0.717) is 24.3 Å². The summed E-state index contributed by atoms with van der Waals surface area (Å²) in [6.07, 6.45) is 0.921. The van der Waals surface area contributed by atoms with E-state index in [1.807, 2.05) is 0 Å². The number of carboxylic acids is 1. The topological polar surface area (TPSA) is 92.4 Å². The second kappa shape index (κ2) is 6.24. The third-order valence-corrected chi connectivity index (χ3v) is 2.91. The molecule has 4 N–H and O–H groups in total. The van der Waals surface area contributed by atoms with Crippen LogP contribution in [-0.4, -0.2) is 29.6 Å². The third-order valence-electron chi connectivity index (χ3n) is 2.05. The molecule has 1 aromatic heterocycles. The number of amides is 1. The van der Waals surface area contributed by atoms with Crippen LogP contribution in [0, 0.1) is 0 Å². The van der Waals surface area contributed by atoms with E-state index in [1.54, 1.807) is 17.5 Å². The molecule has 6 heteroatoms. The number of carbonyl (C=O) groups is 2. The van der Waals surface area contributed by atoms with Crippen molar-refractivity contribution in [1.29, 1.82) is 0 Å². The minimum absolute atomic E-state index is 0.348. The third kappa shape index (κ3) is 3.63. The van der Waals surface area contributed by atoms with Gasteiger partial charge in [-0.1, -0.05) is 6.07 Å². The van der Waals surface area contributed by atoms with Crippen molar-refractivity contribution in [2.24, 2.45) is 5.73 Å². The van der Waals surface area contributed by atoms with Gasteiger partial charge in [0.2, 0.25) is 0 Å². The zero-order valence-electron chi connectivity index (χ0n) is 8.68.